The zero-order valence-corrected chi connectivity index (χ0v) is 12.2. The number of aryl methyl sites for hydroxylation is 1. The zero-order valence-electron chi connectivity index (χ0n) is 12.2. The lowest BCUT2D eigenvalue weighted by Gasteiger charge is -2.39. The lowest BCUT2D eigenvalue weighted by atomic mass is 9.82. The molecule has 1 aromatic carbocycles. The summed E-state index contributed by atoms with van der Waals surface area (Å²) in [5.74, 6) is 0. The molecule has 0 aliphatic carbocycles. The molecule has 19 heavy (non-hydrogen) atoms. The summed E-state index contributed by atoms with van der Waals surface area (Å²) in [5, 5.41) is 0. The lowest BCUT2D eigenvalue weighted by molar-refractivity contribution is 0.00170. The molecule has 1 fully saturated rings. The van der Waals surface area contributed by atoms with Gasteiger partial charge in [-0.2, -0.15) is 0 Å². The lowest BCUT2D eigenvalue weighted by Crippen LogP contribution is -2.46. The Morgan fingerprint density at radius 1 is 1.32 bits per heavy atom. The van der Waals surface area contributed by atoms with Gasteiger partial charge in [0, 0.05) is 37.8 Å². The van der Waals surface area contributed by atoms with E-state index in [0.29, 0.717) is 6.54 Å². The molecule has 0 saturated carbocycles. The Morgan fingerprint density at radius 3 is 2.58 bits per heavy atom. The van der Waals surface area contributed by atoms with Crippen LogP contribution in [0.5, 0.6) is 0 Å². The van der Waals surface area contributed by atoms with Gasteiger partial charge in [0.2, 0.25) is 0 Å². The third-order valence-corrected chi connectivity index (χ3v) is 4.19. The largest absolute Gasteiger partial charge is 0.381 e. The summed E-state index contributed by atoms with van der Waals surface area (Å²) in [5.41, 5.74) is 8.77. The second-order valence-corrected chi connectivity index (χ2v) is 5.74. The van der Waals surface area contributed by atoms with Gasteiger partial charge in [-0.3, -0.25) is 0 Å². The van der Waals surface area contributed by atoms with Gasteiger partial charge < -0.3 is 15.4 Å². The number of anilines is 1. The minimum absolute atomic E-state index is 0.121. The molecule has 0 spiro atoms. The molecule has 1 heterocycles. The summed E-state index contributed by atoms with van der Waals surface area (Å²) in [6.07, 6.45) is 3.38. The van der Waals surface area contributed by atoms with Gasteiger partial charge in [-0.15, -0.1) is 0 Å². The molecule has 2 N–H and O–H groups in total. The van der Waals surface area contributed by atoms with Crippen molar-refractivity contribution < 1.29 is 4.74 Å². The molecule has 0 bridgehead atoms. The molecular weight excluding hydrogens is 236 g/mol. The topological polar surface area (TPSA) is 38.5 Å². The first-order chi connectivity index (χ1) is 9.19. The van der Waals surface area contributed by atoms with E-state index in [1.165, 1.54) is 17.7 Å². The van der Waals surface area contributed by atoms with Gasteiger partial charge in [-0.1, -0.05) is 19.1 Å². The van der Waals surface area contributed by atoms with Crippen LogP contribution in [-0.4, -0.2) is 33.4 Å². The molecule has 0 radical (unpaired) electrons. The van der Waals surface area contributed by atoms with Crippen LogP contribution in [0.3, 0.4) is 0 Å². The highest BCUT2D eigenvalue weighted by Gasteiger charge is 2.32. The van der Waals surface area contributed by atoms with Crippen molar-refractivity contribution in [1.82, 2.24) is 0 Å². The first-order valence-electron chi connectivity index (χ1n) is 7.27. The van der Waals surface area contributed by atoms with Gasteiger partial charge in [-0.25, -0.2) is 0 Å². The van der Waals surface area contributed by atoms with Crippen LogP contribution in [0.15, 0.2) is 24.3 Å². The van der Waals surface area contributed by atoms with Crippen LogP contribution in [0, 0.1) is 5.41 Å². The van der Waals surface area contributed by atoms with E-state index in [-0.39, 0.29) is 5.41 Å². The Morgan fingerprint density at radius 2 is 2.05 bits per heavy atom. The summed E-state index contributed by atoms with van der Waals surface area (Å²) in [6, 6.07) is 8.82. The molecule has 1 unspecified atom stereocenters. The number of benzene rings is 1. The van der Waals surface area contributed by atoms with Gasteiger partial charge in [0.15, 0.2) is 0 Å². The van der Waals surface area contributed by atoms with E-state index >= 15 is 0 Å². The number of hydrogen-bond donors (Lipinski definition) is 1. The first-order valence-corrected chi connectivity index (χ1v) is 7.27. The molecule has 0 amide bonds. The third kappa shape index (κ3) is 3.48. The van der Waals surface area contributed by atoms with Crippen LogP contribution in [0.4, 0.5) is 5.69 Å². The maximum atomic E-state index is 6.00. The molecule has 0 aromatic heterocycles. The summed E-state index contributed by atoms with van der Waals surface area (Å²) < 4.78 is 5.64. The predicted molar refractivity (Wildman–Crippen MR) is 80.6 cm³/mol. The van der Waals surface area contributed by atoms with Gasteiger partial charge in [-0.05, 0) is 37.0 Å². The first kappa shape index (κ1) is 14.4. The smallest absolute Gasteiger partial charge is 0.0551 e. The van der Waals surface area contributed by atoms with Crippen molar-refractivity contribution in [1.29, 1.82) is 0 Å². The van der Waals surface area contributed by atoms with Gasteiger partial charge >= 0.3 is 0 Å². The second kappa shape index (κ2) is 6.40. The average molecular weight is 262 g/mol. The van der Waals surface area contributed by atoms with Crippen molar-refractivity contribution in [3.63, 3.8) is 0 Å². The molecule has 106 valence electrons. The van der Waals surface area contributed by atoms with Crippen molar-refractivity contribution in [2.45, 2.75) is 26.2 Å². The summed E-state index contributed by atoms with van der Waals surface area (Å²) in [4.78, 5) is 2.31. The SMILES string of the molecule is CCc1ccc(N(C)CC2(CN)CCCOC2)cc1. The minimum Gasteiger partial charge on any atom is -0.381 e. The van der Waals surface area contributed by atoms with Crippen LogP contribution in [0.2, 0.25) is 0 Å². The fourth-order valence-electron chi connectivity index (χ4n) is 2.84. The third-order valence-electron chi connectivity index (χ3n) is 4.19. The van der Waals surface area contributed by atoms with Crippen molar-refractivity contribution in [3.05, 3.63) is 29.8 Å². The number of hydrogen-bond acceptors (Lipinski definition) is 3. The molecule has 1 aromatic rings. The average Bonchev–Trinajstić information content (AvgIpc) is 2.48. The Labute approximate surface area is 116 Å². The maximum absolute atomic E-state index is 6.00. The van der Waals surface area contributed by atoms with E-state index < -0.39 is 0 Å². The van der Waals surface area contributed by atoms with E-state index in [9.17, 15) is 0 Å². The quantitative estimate of drug-likeness (QED) is 0.886. The Bertz CT molecular complexity index is 382. The van der Waals surface area contributed by atoms with Crippen molar-refractivity contribution in [3.8, 4) is 0 Å². The van der Waals surface area contributed by atoms with E-state index in [2.05, 4.69) is 43.1 Å². The van der Waals surface area contributed by atoms with Crippen molar-refractivity contribution in [2.75, 3.05) is 38.3 Å². The Balaban J connectivity index is 2.03. The van der Waals surface area contributed by atoms with Crippen LogP contribution in [0.1, 0.15) is 25.3 Å². The van der Waals surface area contributed by atoms with E-state index in [0.717, 1.165) is 32.6 Å². The molecule has 3 nitrogen and oxygen atoms in total. The summed E-state index contributed by atoms with van der Waals surface area (Å²) in [7, 11) is 2.15. The fourth-order valence-corrected chi connectivity index (χ4v) is 2.84. The minimum atomic E-state index is 0.121. The molecule has 1 aliphatic heterocycles. The number of nitrogens with zero attached hydrogens (tertiary/aromatic N) is 1. The Kier molecular flexibility index (Phi) is 4.83. The zero-order chi connectivity index (χ0) is 13.7. The molecule has 1 atom stereocenters. The monoisotopic (exact) mass is 262 g/mol. The van der Waals surface area contributed by atoms with E-state index in [1.807, 2.05) is 0 Å². The van der Waals surface area contributed by atoms with Crippen molar-refractivity contribution >= 4 is 5.69 Å². The van der Waals surface area contributed by atoms with Crippen LogP contribution >= 0.6 is 0 Å². The molecule has 1 aliphatic rings. The summed E-state index contributed by atoms with van der Waals surface area (Å²) in [6.45, 7) is 5.53. The summed E-state index contributed by atoms with van der Waals surface area (Å²) >= 11 is 0. The molecule has 2 rings (SSSR count). The molecule has 3 heteroatoms. The number of nitrogens with two attached hydrogens (primary N) is 1. The Hall–Kier alpha value is -1.06. The second-order valence-electron chi connectivity index (χ2n) is 5.74. The van der Waals surface area contributed by atoms with Gasteiger partial charge in [0.05, 0.1) is 6.61 Å². The van der Waals surface area contributed by atoms with Crippen molar-refractivity contribution in [2.24, 2.45) is 11.1 Å². The normalized spacial score (nSPS) is 23.3. The van der Waals surface area contributed by atoms with E-state index in [1.54, 1.807) is 0 Å². The number of ether oxygens (including phenoxy) is 1. The standard InChI is InChI=1S/C16H26N2O/c1-3-14-5-7-15(8-6-14)18(2)12-16(11-17)9-4-10-19-13-16/h5-8H,3-4,9-13,17H2,1-2H3. The van der Waals surface area contributed by atoms with Crippen LogP contribution < -0.4 is 10.6 Å². The highest BCUT2D eigenvalue weighted by Crippen LogP contribution is 2.30. The molecule has 1 saturated heterocycles. The number of rotatable bonds is 5. The van der Waals surface area contributed by atoms with Gasteiger partial charge in [0.25, 0.3) is 0 Å². The highest BCUT2D eigenvalue weighted by molar-refractivity contribution is 5.47. The fraction of sp³-hybridized carbons (Fsp3) is 0.625. The molecular formula is C16H26N2O. The predicted octanol–water partition coefficient (Wildman–Crippen LogP) is 2.44. The maximum Gasteiger partial charge on any atom is 0.0551 e. The van der Waals surface area contributed by atoms with Gasteiger partial charge in [0.1, 0.15) is 0 Å². The van der Waals surface area contributed by atoms with E-state index in [4.69, 9.17) is 10.5 Å². The van der Waals surface area contributed by atoms with Crippen LogP contribution in [0.25, 0.3) is 0 Å². The highest BCUT2D eigenvalue weighted by atomic mass is 16.5. The van der Waals surface area contributed by atoms with Crippen LogP contribution in [-0.2, 0) is 11.2 Å².